The third-order valence-corrected chi connectivity index (χ3v) is 3.79. The van der Waals surface area contributed by atoms with Crippen LogP contribution >= 0.6 is 27.3 Å². The van der Waals surface area contributed by atoms with E-state index in [0.29, 0.717) is 0 Å². The molecule has 2 aromatic rings. The summed E-state index contributed by atoms with van der Waals surface area (Å²) >= 11 is 5.26. The van der Waals surface area contributed by atoms with Crippen LogP contribution in [0.15, 0.2) is 41.1 Å². The molecule has 0 aliphatic carbocycles. The van der Waals surface area contributed by atoms with Crippen molar-refractivity contribution in [1.82, 2.24) is 0 Å². The third kappa shape index (κ3) is 2.89. The van der Waals surface area contributed by atoms with E-state index in [9.17, 15) is 4.39 Å². The topological polar surface area (TPSA) is 0 Å². The number of halogens is 2. The van der Waals surface area contributed by atoms with Crippen molar-refractivity contribution in [2.45, 2.75) is 11.2 Å². The maximum Gasteiger partial charge on any atom is 0.123 e. The molecule has 15 heavy (non-hydrogen) atoms. The highest BCUT2D eigenvalue weighted by atomic mass is 79.9. The van der Waals surface area contributed by atoms with E-state index < -0.39 is 0 Å². The van der Waals surface area contributed by atoms with E-state index in [4.69, 9.17) is 0 Å². The summed E-state index contributed by atoms with van der Waals surface area (Å²) < 4.78 is 13.0. The maximum absolute atomic E-state index is 13.0. The Balaban J connectivity index is 2.11. The van der Waals surface area contributed by atoms with Gasteiger partial charge in [-0.1, -0.05) is 28.1 Å². The number of thiophene rings is 1. The minimum Gasteiger partial charge on any atom is -0.207 e. The van der Waals surface area contributed by atoms with Gasteiger partial charge in [-0.3, -0.25) is 0 Å². The van der Waals surface area contributed by atoms with Crippen molar-refractivity contribution in [3.05, 3.63) is 58.0 Å². The summed E-state index contributed by atoms with van der Waals surface area (Å²) in [6.45, 7) is 0. The van der Waals surface area contributed by atoms with Gasteiger partial charge in [0.05, 0.1) is 0 Å². The molecule has 0 saturated heterocycles. The van der Waals surface area contributed by atoms with Crippen molar-refractivity contribution >= 4 is 27.3 Å². The first kappa shape index (κ1) is 10.8. The Bertz CT molecular complexity index is 425. The first-order valence-corrected chi connectivity index (χ1v) is 6.52. The Hall–Kier alpha value is -0.670. The molecule has 0 aliphatic rings. The van der Waals surface area contributed by atoms with Crippen LogP contribution in [0, 0.1) is 5.82 Å². The SMILES string of the molecule is Fc1cccc(C(Br)Cc2ccsc2)c1. The summed E-state index contributed by atoms with van der Waals surface area (Å²) in [7, 11) is 0. The van der Waals surface area contributed by atoms with E-state index in [0.717, 1.165) is 12.0 Å². The van der Waals surface area contributed by atoms with Crippen LogP contribution in [0.3, 0.4) is 0 Å². The Morgan fingerprint density at radius 3 is 2.87 bits per heavy atom. The lowest BCUT2D eigenvalue weighted by Gasteiger charge is -2.08. The molecule has 2 rings (SSSR count). The quantitative estimate of drug-likeness (QED) is 0.725. The second kappa shape index (κ2) is 4.90. The van der Waals surface area contributed by atoms with Crippen molar-refractivity contribution in [2.75, 3.05) is 0 Å². The second-order valence-corrected chi connectivity index (χ2v) is 5.24. The molecule has 1 unspecified atom stereocenters. The molecule has 0 radical (unpaired) electrons. The first-order valence-electron chi connectivity index (χ1n) is 4.66. The van der Waals surface area contributed by atoms with E-state index in [1.165, 1.54) is 11.6 Å². The Labute approximate surface area is 101 Å². The molecule has 1 aromatic carbocycles. The van der Waals surface area contributed by atoms with Crippen LogP contribution in [-0.2, 0) is 6.42 Å². The second-order valence-electron chi connectivity index (χ2n) is 3.36. The van der Waals surface area contributed by atoms with Crippen molar-refractivity contribution in [3.8, 4) is 0 Å². The highest BCUT2D eigenvalue weighted by Gasteiger charge is 2.09. The average molecular weight is 285 g/mol. The van der Waals surface area contributed by atoms with Crippen LogP contribution < -0.4 is 0 Å². The molecule has 0 saturated carbocycles. The van der Waals surface area contributed by atoms with Crippen molar-refractivity contribution in [3.63, 3.8) is 0 Å². The van der Waals surface area contributed by atoms with Gasteiger partial charge < -0.3 is 0 Å². The minimum atomic E-state index is -0.178. The van der Waals surface area contributed by atoms with E-state index in [1.54, 1.807) is 23.5 Å². The van der Waals surface area contributed by atoms with Crippen LogP contribution in [-0.4, -0.2) is 0 Å². The van der Waals surface area contributed by atoms with Gasteiger partial charge in [0.1, 0.15) is 5.82 Å². The minimum absolute atomic E-state index is 0.178. The van der Waals surface area contributed by atoms with E-state index in [-0.39, 0.29) is 10.6 Å². The van der Waals surface area contributed by atoms with Crippen molar-refractivity contribution in [2.24, 2.45) is 0 Å². The van der Waals surface area contributed by atoms with E-state index in [1.807, 2.05) is 6.07 Å². The van der Waals surface area contributed by atoms with Crippen LogP contribution in [0.2, 0.25) is 0 Å². The largest absolute Gasteiger partial charge is 0.207 e. The van der Waals surface area contributed by atoms with Gasteiger partial charge in [0, 0.05) is 4.83 Å². The molecule has 0 bridgehead atoms. The third-order valence-electron chi connectivity index (χ3n) is 2.21. The van der Waals surface area contributed by atoms with Crippen LogP contribution in [0.1, 0.15) is 16.0 Å². The smallest absolute Gasteiger partial charge is 0.123 e. The summed E-state index contributed by atoms with van der Waals surface area (Å²) in [5.74, 6) is -0.178. The molecular weight excluding hydrogens is 275 g/mol. The fraction of sp³-hybridized carbons (Fsp3) is 0.167. The van der Waals surface area contributed by atoms with E-state index >= 15 is 0 Å². The van der Waals surface area contributed by atoms with Crippen LogP contribution in [0.25, 0.3) is 0 Å². The summed E-state index contributed by atoms with van der Waals surface area (Å²) in [5.41, 5.74) is 2.27. The van der Waals surface area contributed by atoms with Gasteiger partial charge >= 0.3 is 0 Å². The van der Waals surface area contributed by atoms with Crippen LogP contribution in [0.5, 0.6) is 0 Å². The molecule has 0 spiro atoms. The molecule has 1 aromatic heterocycles. The molecule has 0 nitrogen and oxygen atoms in total. The highest BCUT2D eigenvalue weighted by Crippen LogP contribution is 2.28. The van der Waals surface area contributed by atoms with Crippen LogP contribution in [0.4, 0.5) is 4.39 Å². The predicted molar refractivity (Wildman–Crippen MR) is 66.1 cm³/mol. The molecule has 0 fully saturated rings. The zero-order valence-corrected chi connectivity index (χ0v) is 10.4. The lowest BCUT2D eigenvalue weighted by atomic mass is 10.1. The highest BCUT2D eigenvalue weighted by molar-refractivity contribution is 9.09. The van der Waals surface area contributed by atoms with Gasteiger partial charge in [-0.05, 0) is 46.5 Å². The summed E-state index contributed by atoms with van der Waals surface area (Å²) in [5, 5.41) is 4.17. The molecular formula is C12H10BrFS. The van der Waals surface area contributed by atoms with Gasteiger partial charge in [0.15, 0.2) is 0 Å². The zero-order chi connectivity index (χ0) is 10.7. The Kier molecular flexibility index (Phi) is 3.54. The monoisotopic (exact) mass is 284 g/mol. The Morgan fingerprint density at radius 1 is 1.33 bits per heavy atom. The normalized spacial score (nSPS) is 12.7. The van der Waals surface area contributed by atoms with Gasteiger partial charge in [0.2, 0.25) is 0 Å². The zero-order valence-electron chi connectivity index (χ0n) is 7.99. The molecule has 0 aliphatic heterocycles. The van der Waals surface area contributed by atoms with Gasteiger partial charge in [-0.15, -0.1) is 0 Å². The fourth-order valence-corrected chi connectivity index (χ4v) is 2.78. The predicted octanol–water partition coefficient (Wildman–Crippen LogP) is 4.57. The molecule has 1 atom stereocenters. The molecule has 0 N–H and O–H groups in total. The summed E-state index contributed by atoms with van der Waals surface area (Å²) in [6, 6.07) is 8.82. The standard InChI is InChI=1S/C12H10BrFS/c13-12(6-9-4-5-15-8-9)10-2-1-3-11(14)7-10/h1-5,7-8,12H,6H2. The summed E-state index contributed by atoms with van der Waals surface area (Å²) in [4.78, 5) is 0.183. The molecule has 1 heterocycles. The lowest BCUT2D eigenvalue weighted by molar-refractivity contribution is 0.625. The van der Waals surface area contributed by atoms with Gasteiger partial charge in [0.25, 0.3) is 0 Å². The number of hydrogen-bond donors (Lipinski definition) is 0. The molecule has 0 amide bonds. The first-order chi connectivity index (χ1) is 7.25. The van der Waals surface area contributed by atoms with Crippen molar-refractivity contribution < 1.29 is 4.39 Å². The van der Waals surface area contributed by atoms with E-state index in [2.05, 4.69) is 32.8 Å². The maximum atomic E-state index is 13.0. The van der Waals surface area contributed by atoms with Gasteiger partial charge in [-0.25, -0.2) is 4.39 Å². The number of alkyl halides is 1. The van der Waals surface area contributed by atoms with Gasteiger partial charge in [-0.2, -0.15) is 11.3 Å². The fourth-order valence-electron chi connectivity index (χ4n) is 1.44. The number of benzene rings is 1. The summed E-state index contributed by atoms with van der Waals surface area (Å²) in [6.07, 6.45) is 0.896. The number of rotatable bonds is 3. The molecule has 3 heteroatoms. The number of hydrogen-bond acceptors (Lipinski definition) is 1. The molecule has 78 valence electrons. The Morgan fingerprint density at radius 2 is 2.20 bits per heavy atom. The van der Waals surface area contributed by atoms with Crippen molar-refractivity contribution in [1.29, 1.82) is 0 Å². The average Bonchev–Trinajstić information content (AvgIpc) is 2.70. The lowest BCUT2D eigenvalue weighted by Crippen LogP contribution is -1.94.